The maximum absolute atomic E-state index is 8.29. The molecule has 1 rings (SSSR count). The quantitative estimate of drug-likeness (QED) is 0.447. The monoisotopic (exact) mass is 196 g/mol. The molecule has 4 nitrogen and oxygen atoms in total. The van der Waals surface area contributed by atoms with E-state index in [0.29, 0.717) is 10.7 Å². The number of nitrogens with zero attached hydrogens (tertiary/aromatic N) is 3. The van der Waals surface area contributed by atoms with Crippen molar-refractivity contribution in [2.45, 2.75) is 6.92 Å². The molecule has 68 valence electrons. The van der Waals surface area contributed by atoms with Crippen molar-refractivity contribution in [3.63, 3.8) is 0 Å². The van der Waals surface area contributed by atoms with Gasteiger partial charge in [0, 0.05) is 22.2 Å². The molecule has 0 radical (unpaired) electrons. The van der Waals surface area contributed by atoms with Gasteiger partial charge in [-0.15, -0.1) is 0 Å². The molecule has 0 aliphatic rings. The van der Waals surface area contributed by atoms with Gasteiger partial charge in [0.25, 0.3) is 0 Å². The van der Waals surface area contributed by atoms with Crippen LogP contribution in [-0.2, 0) is 0 Å². The highest BCUT2D eigenvalue weighted by atomic mass is 35.5. The molecule has 0 aromatic heterocycles. The zero-order valence-corrected chi connectivity index (χ0v) is 7.91. The molecule has 0 aliphatic heterocycles. The van der Waals surface area contributed by atoms with Gasteiger partial charge in [-0.25, -0.2) is 0 Å². The van der Waals surface area contributed by atoms with Gasteiger partial charge in [0.05, 0.1) is 5.69 Å². The number of hydrogen-bond acceptors (Lipinski definition) is 2. The minimum absolute atomic E-state index is 0.525. The second kappa shape index (κ2) is 4.60. The van der Waals surface area contributed by atoms with Crippen LogP contribution in [0.1, 0.15) is 6.92 Å². The third-order valence-corrected chi connectivity index (χ3v) is 1.71. The number of azide groups is 1. The largest absolute Gasteiger partial charge is 0.385 e. The number of halogens is 1. The van der Waals surface area contributed by atoms with Gasteiger partial charge in [0.15, 0.2) is 0 Å². The summed E-state index contributed by atoms with van der Waals surface area (Å²) in [5.74, 6) is 0. The van der Waals surface area contributed by atoms with E-state index in [1.165, 1.54) is 0 Å². The molecule has 0 spiro atoms. The standard InChI is InChI=1S/C8H9ClN4/c1-2-11-7-4-3-6(9)5-8(7)12-13-10/h3-5,11H,2H2,1H3. The second-order valence-corrected chi connectivity index (χ2v) is 2.82. The van der Waals surface area contributed by atoms with E-state index in [9.17, 15) is 0 Å². The molecule has 0 heterocycles. The van der Waals surface area contributed by atoms with Gasteiger partial charge in [-0.05, 0) is 30.7 Å². The Kier molecular flexibility index (Phi) is 3.43. The Balaban J connectivity index is 3.10. The molecule has 0 unspecified atom stereocenters. The number of nitrogens with one attached hydrogen (secondary N) is 1. The van der Waals surface area contributed by atoms with Crippen LogP contribution in [-0.4, -0.2) is 6.54 Å². The third-order valence-electron chi connectivity index (χ3n) is 1.48. The molecule has 1 aromatic rings. The van der Waals surface area contributed by atoms with Gasteiger partial charge in [-0.3, -0.25) is 0 Å². The molecule has 0 aliphatic carbocycles. The number of rotatable bonds is 3. The molecule has 0 saturated heterocycles. The summed E-state index contributed by atoms with van der Waals surface area (Å²) in [6, 6.07) is 5.16. The molecule has 1 aromatic carbocycles. The molecule has 13 heavy (non-hydrogen) atoms. The minimum Gasteiger partial charge on any atom is -0.385 e. The van der Waals surface area contributed by atoms with Crippen molar-refractivity contribution in [3.8, 4) is 0 Å². The minimum atomic E-state index is 0.525. The Hall–Kier alpha value is -1.38. The van der Waals surface area contributed by atoms with Crippen molar-refractivity contribution in [2.75, 3.05) is 11.9 Å². The Morgan fingerprint density at radius 2 is 2.38 bits per heavy atom. The van der Waals surface area contributed by atoms with Gasteiger partial charge in [-0.2, -0.15) is 0 Å². The number of anilines is 1. The van der Waals surface area contributed by atoms with Gasteiger partial charge in [0.2, 0.25) is 0 Å². The van der Waals surface area contributed by atoms with Crippen LogP contribution < -0.4 is 5.32 Å². The molecular formula is C8H9ClN4. The third kappa shape index (κ3) is 2.54. The summed E-state index contributed by atoms with van der Waals surface area (Å²) in [7, 11) is 0. The van der Waals surface area contributed by atoms with E-state index in [-0.39, 0.29) is 0 Å². The lowest BCUT2D eigenvalue weighted by molar-refractivity contribution is 1.21. The van der Waals surface area contributed by atoms with Crippen molar-refractivity contribution >= 4 is 23.0 Å². The van der Waals surface area contributed by atoms with Crippen LogP contribution in [0.25, 0.3) is 10.4 Å². The Labute approximate surface area is 81.1 Å². The zero-order chi connectivity index (χ0) is 9.68. The lowest BCUT2D eigenvalue weighted by Gasteiger charge is -2.06. The average Bonchev–Trinajstić information content (AvgIpc) is 2.10. The Bertz CT molecular complexity index is 344. The van der Waals surface area contributed by atoms with Gasteiger partial charge < -0.3 is 5.32 Å². The highest BCUT2D eigenvalue weighted by molar-refractivity contribution is 6.31. The first kappa shape index (κ1) is 9.71. The number of hydrogen-bond donors (Lipinski definition) is 1. The summed E-state index contributed by atoms with van der Waals surface area (Å²) < 4.78 is 0. The average molecular weight is 197 g/mol. The van der Waals surface area contributed by atoms with Crippen LogP contribution in [0.3, 0.4) is 0 Å². The van der Waals surface area contributed by atoms with Crippen molar-refractivity contribution in [1.29, 1.82) is 0 Å². The summed E-state index contributed by atoms with van der Waals surface area (Å²) in [4.78, 5) is 2.72. The van der Waals surface area contributed by atoms with Crippen molar-refractivity contribution in [3.05, 3.63) is 33.7 Å². The van der Waals surface area contributed by atoms with Crippen LogP contribution >= 0.6 is 11.6 Å². The summed E-state index contributed by atoms with van der Waals surface area (Å²) in [6.45, 7) is 2.74. The SMILES string of the molecule is CCNc1ccc(Cl)cc1N=[N+]=[N-]. The number of benzene rings is 1. The fraction of sp³-hybridized carbons (Fsp3) is 0.250. The predicted octanol–water partition coefficient (Wildman–Crippen LogP) is 3.71. The fourth-order valence-electron chi connectivity index (χ4n) is 0.976. The molecule has 5 heteroatoms. The zero-order valence-electron chi connectivity index (χ0n) is 7.16. The first-order valence-electron chi connectivity index (χ1n) is 3.86. The van der Waals surface area contributed by atoms with Crippen LogP contribution in [0.2, 0.25) is 5.02 Å². The first-order valence-corrected chi connectivity index (χ1v) is 4.24. The molecule has 0 atom stereocenters. The first-order chi connectivity index (χ1) is 6.27. The van der Waals surface area contributed by atoms with Crippen molar-refractivity contribution in [1.82, 2.24) is 0 Å². The van der Waals surface area contributed by atoms with Crippen LogP contribution in [0.4, 0.5) is 11.4 Å². The van der Waals surface area contributed by atoms with E-state index >= 15 is 0 Å². The summed E-state index contributed by atoms with van der Waals surface area (Å²) in [5, 5.41) is 7.14. The Morgan fingerprint density at radius 1 is 1.62 bits per heavy atom. The smallest absolute Gasteiger partial charge is 0.0621 e. The molecule has 0 amide bonds. The van der Waals surface area contributed by atoms with E-state index in [1.54, 1.807) is 18.2 Å². The van der Waals surface area contributed by atoms with Crippen molar-refractivity contribution in [2.24, 2.45) is 5.11 Å². The van der Waals surface area contributed by atoms with E-state index in [2.05, 4.69) is 15.3 Å². The van der Waals surface area contributed by atoms with Crippen LogP contribution in [0.5, 0.6) is 0 Å². The van der Waals surface area contributed by atoms with E-state index in [0.717, 1.165) is 12.2 Å². The molecule has 0 fully saturated rings. The maximum Gasteiger partial charge on any atom is 0.0621 e. The van der Waals surface area contributed by atoms with Gasteiger partial charge in [-0.1, -0.05) is 16.7 Å². The van der Waals surface area contributed by atoms with Gasteiger partial charge in [0.1, 0.15) is 0 Å². The van der Waals surface area contributed by atoms with Crippen LogP contribution in [0, 0.1) is 0 Å². The lowest BCUT2D eigenvalue weighted by atomic mass is 10.2. The second-order valence-electron chi connectivity index (χ2n) is 2.38. The summed E-state index contributed by atoms with van der Waals surface area (Å²) in [5.41, 5.74) is 9.61. The summed E-state index contributed by atoms with van der Waals surface area (Å²) in [6.07, 6.45) is 0. The molecule has 0 saturated carbocycles. The fourth-order valence-corrected chi connectivity index (χ4v) is 1.14. The van der Waals surface area contributed by atoms with E-state index in [1.807, 2.05) is 6.92 Å². The van der Waals surface area contributed by atoms with Crippen LogP contribution in [0.15, 0.2) is 23.3 Å². The normalized spacial score (nSPS) is 9.08. The van der Waals surface area contributed by atoms with Crippen molar-refractivity contribution < 1.29 is 0 Å². The maximum atomic E-state index is 8.29. The molecule has 0 bridgehead atoms. The predicted molar refractivity (Wildman–Crippen MR) is 54.4 cm³/mol. The highest BCUT2D eigenvalue weighted by Crippen LogP contribution is 2.28. The Morgan fingerprint density at radius 3 is 3.00 bits per heavy atom. The highest BCUT2D eigenvalue weighted by Gasteiger charge is 1.99. The lowest BCUT2D eigenvalue weighted by Crippen LogP contribution is -1.95. The summed E-state index contributed by atoms with van der Waals surface area (Å²) >= 11 is 5.74. The molecular weight excluding hydrogens is 188 g/mol. The van der Waals surface area contributed by atoms with Gasteiger partial charge >= 0.3 is 0 Å². The van der Waals surface area contributed by atoms with E-state index < -0.39 is 0 Å². The van der Waals surface area contributed by atoms with E-state index in [4.69, 9.17) is 17.1 Å². The topological polar surface area (TPSA) is 60.8 Å². The molecule has 1 N–H and O–H groups in total.